The predicted octanol–water partition coefficient (Wildman–Crippen LogP) is 4.46. The van der Waals surface area contributed by atoms with Crippen LogP contribution in [0.5, 0.6) is 0 Å². The van der Waals surface area contributed by atoms with Gasteiger partial charge in [-0.05, 0) is 73.7 Å². The normalized spacial score (nSPS) is 13.9. The number of nitrogens with zero attached hydrogens (tertiary/aromatic N) is 1. The third kappa shape index (κ3) is 3.51. The minimum Gasteiger partial charge on any atom is -0.388 e. The van der Waals surface area contributed by atoms with Gasteiger partial charge in [0, 0.05) is 42.0 Å². The maximum absolute atomic E-state index is 12.6. The summed E-state index contributed by atoms with van der Waals surface area (Å²) in [6.07, 6.45) is 1.22. The standard InChI is InChI=1S/C19H23N3OS/c1-13-5-6-15(12-18(13)20-3)21-19(23)17-8-7-16(11-14(17)2)22-9-4-10-24-22/h5-8,11-12,20H,4,9-10H2,1-3H3,(H,21,23). The molecule has 126 valence electrons. The largest absolute Gasteiger partial charge is 0.388 e. The van der Waals surface area contributed by atoms with Crippen LogP contribution in [0.2, 0.25) is 0 Å². The van der Waals surface area contributed by atoms with Gasteiger partial charge in [0.25, 0.3) is 5.91 Å². The van der Waals surface area contributed by atoms with E-state index >= 15 is 0 Å². The van der Waals surface area contributed by atoms with Crippen molar-refractivity contribution >= 4 is 34.9 Å². The molecule has 1 fully saturated rings. The fourth-order valence-corrected chi connectivity index (χ4v) is 3.88. The Hall–Kier alpha value is -2.14. The van der Waals surface area contributed by atoms with E-state index in [0.717, 1.165) is 34.6 Å². The van der Waals surface area contributed by atoms with Gasteiger partial charge in [-0.25, -0.2) is 0 Å². The van der Waals surface area contributed by atoms with E-state index in [1.165, 1.54) is 17.9 Å². The number of hydrogen-bond acceptors (Lipinski definition) is 4. The smallest absolute Gasteiger partial charge is 0.255 e. The molecule has 1 amide bonds. The lowest BCUT2D eigenvalue weighted by atomic mass is 10.1. The number of amides is 1. The van der Waals surface area contributed by atoms with Crippen LogP contribution >= 0.6 is 11.9 Å². The Morgan fingerprint density at radius 3 is 2.62 bits per heavy atom. The van der Waals surface area contributed by atoms with Crippen molar-refractivity contribution in [3.05, 3.63) is 53.1 Å². The van der Waals surface area contributed by atoms with Gasteiger partial charge in [0.15, 0.2) is 0 Å². The van der Waals surface area contributed by atoms with E-state index in [2.05, 4.69) is 21.0 Å². The molecule has 2 aromatic carbocycles. The number of anilines is 3. The minimum absolute atomic E-state index is 0.0703. The molecule has 1 aliphatic rings. The maximum atomic E-state index is 12.6. The highest BCUT2D eigenvalue weighted by Gasteiger charge is 2.16. The first kappa shape index (κ1) is 16.7. The number of carbonyl (C=O) groups is 1. The monoisotopic (exact) mass is 341 g/mol. The van der Waals surface area contributed by atoms with Gasteiger partial charge in [-0.3, -0.25) is 4.79 Å². The van der Waals surface area contributed by atoms with Crippen molar-refractivity contribution in [1.29, 1.82) is 0 Å². The average Bonchev–Trinajstić information content (AvgIpc) is 3.11. The molecule has 2 aromatic rings. The van der Waals surface area contributed by atoms with E-state index in [1.807, 2.05) is 63.2 Å². The molecule has 1 aliphatic heterocycles. The molecule has 1 saturated heterocycles. The average molecular weight is 341 g/mol. The first-order valence-electron chi connectivity index (χ1n) is 8.19. The number of carbonyl (C=O) groups excluding carboxylic acids is 1. The fourth-order valence-electron chi connectivity index (χ4n) is 2.88. The molecule has 3 rings (SSSR count). The number of nitrogens with one attached hydrogen (secondary N) is 2. The second kappa shape index (κ2) is 7.18. The summed E-state index contributed by atoms with van der Waals surface area (Å²) in [5, 5.41) is 6.13. The summed E-state index contributed by atoms with van der Waals surface area (Å²) >= 11 is 1.85. The summed E-state index contributed by atoms with van der Waals surface area (Å²) < 4.78 is 2.30. The van der Waals surface area contributed by atoms with Crippen molar-refractivity contribution in [3.8, 4) is 0 Å². The van der Waals surface area contributed by atoms with Crippen molar-refractivity contribution in [2.24, 2.45) is 0 Å². The van der Waals surface area contributed by atoms with Crippen molar-refractivity contribution < 1.29 is 4.79 Å². The Morgan fingerprint density at radius 2 is 1.96 bits per heavy atom. The van der Waals surface area contributed by atoms with Crippen LogP contribution < -0.4 is 14.9 Å². The summed E-state index contributed by atoms with van der Waals surface area (Å²) in [7, 11) is 1.88. The molecular weight excluding hydrogens is 318 g/mol. The van der Waals surface area contributed by atoms with E-state index in [1.54, 1.807) is 0 Å². The highest BCUT2D eigenvalue weighted by Crippen LogP contribution is 2.30. The van der Waals surface area contributed by atoms with Gasteiger partial charge in [-0.1, -0.05) is 6.07 Å². The summed E-state index contributed by atoms with van der Waals surface area (Å²) in [5.74, 6) is 1.10. The van der Waals surface area contributed by atoms with Crippen LogP contribution in [0, 0.1) is 13.8 Å². The fraction of sp³-hybridized carbons (Fsp3) is 0.316. The number of hydrogen-bond donors (Lipinski definition) is 2. The molecular formula is C19H23N3OS. The maximum Gasteiger partial charge on any atom is 0.255 e. The molecule has 0 bridgehead atoms. The summed E-state index contributed by atoms with van der Waals surface area (Å²) in [6.45, 7) is 5.11. The Labute approximate surface area is 147 Å². The molecule has 0 aliphatic carbocycles. The van der Waals surface area contributed by atoms with E-state index in [9.17, 15) is 4.79 Å². The zero-order valence-electron chi connectivity index (χ0n) is 14.3. The summed E-state index contributed by atoms with van der Waals surface area (Å²) in [6, 6.07) is 11.9. The third-order valence-corrected chi connectivity index (χ3v) is 5.44. The Bertz CT molecular complexity index is 754. The lowest BCUT2D eigenvalue weighted by molar-refractivity contribution is 0.102. The molecule has 0 spiro atoms. The quantitative estimate of drug-likeness (QED) is 0.806. The van der Waals surface area contributed by atoms with Crippen LogP contribution in [0.25, 0.3) is 0 Å². The van der Waals surface area contributed by atoms with E-state index in [4.69, 9.17) is 0 Å². The van der Waals surface area contributed by atoms with Gasteiger partial charge in [0.2, 0.25) is 0 Å². The van der Waals surface area contributed by atoms with Gasteiger partial charge < -0.3 is 14.9 Å². The summed E-state index contributed by atoms with van der Waals surface area (Å²) in [5.41, 5.74) is 5.87. The second-order valence-corrected chi connectivity index (χ2v) is 7.13. The van der Waals surface area contributed by atoms with Gasteiger partial charge in [0.1, 0.15) is 0 Å². The van der Waals surface area contributed by atoms with Crippen molar-refractivity contribution in [2.45, 2.75) is 20.3 Å². The van der Waals surface area contributed by atoms with Gasteiger partial charge in [-0.2, -0.15) is 0 Å². The third-order valence-electron chi connectivity index (χ3n) is 4.26. The Kier molecular flexibility index (Phi) is 5.00. The van der Waals surface area contributed by atoms with E-state index < -0.39 is 0 Å². The van der Waals surface area contributed by atoms with E-state index in [0.29, 0.717) is 0 Å². The van der Waals surface area contributed by atoms with Crippen LogP contribution in [0.1, 0.15) is 27.9 Å². The van der Waals surface area contributed by atoms with Gasteiger partial charge in [0.05, 0.1) is 0 Å². The van der Waals surface area contributed by atoms with Crippen LogP contribution in [0.3, 0.4) is 0 Å². The number of aryl methyl sites for hydroxylation is 2. The minimum atomic E-state index is -0.0703. The van der Waals surface area contributed by atoms with Crippen molar-refractivity contribution in [2.75, 3.05) is 34.3 Å². The Balaban J connectivity index is 1.77. The van der Waals surface area contributed by atoms with Crippen LogP contribution in [0.4, 0.5) is 17.1 Å². The number of rotatable bonds is 4. The molecule has 0 aromatic heterocycles. The topological polar surface area (TPSA) is 44.4 Å². The molecule has 0 atom stereocenters. The first-order valence-corrected chi connectivity index (χ1v) is 9.13. The molecule has 2 N–H and O–H groups in total. The molecule has 5 heteroatoms. The zero-order valence-corrected chi connectivity index (χ0v) is 15.2. The highest BCUT2D eigenvalue weighted by molar-refractivity contribution is 8.00. The lowest BCUT2D eigenvalue weighted by Gasteiger charge is -2.17. The zero-order chi connectivity index (χ0) is 17.1. The number of benzene rings is 2. The SMILES string of the molecule is CNc1cc(NC(=O)c2ccc(N3CCCS3)cc2C)ccc1C. The molecule has 0 unspecified atom stereocenters. The molecule has 0 saturated carbocycles. The predicted molar refractivity (Wildman–Crippen MR) is 104 cm³/mol. The molecule has 4 nitrogen and oxygen atoms in total. The summed E-state index contributed by atoms with van der Waals surface area (Å²) in [4.78, 5) is 12.6. The van der Waals surface area contributed by atoms with E-state index in [-0.39, 0.29) is 5.91 Å². The van der Waals surface area contributed by atoms with Crippen LogP contribution in [0.15, 0.2) is 36.4 Å². The van der Waals surface area contributed by atoms with Gasteiger partial charge in [-0.15, -0.1) is 0 Å². The highest BCUT2D eigenvalue weighted by atomic mass is 32.2. The van der Waals surface area contributed by atoms with Crippen molar-refractivity contribution in [3.63, 3.8) is 0 Å². The van der Waals surface area contributed by atoms with Gasteiger partial charge >= 0.3 is 0 Å². The van der Waals surface area contributed by atoms with Crippen LogP contribution in [-0.2, 0) is 0 Å². The molecule has 1 heterocycles. The second-order valence-electron chi connectivity index (χ2n) is 6.02. The molecule has 24 heavy (non-hydrogen) atoms. The lowest BCUT2D eigenvalue weighted by Crippen LogP contribution is -2.15. The first-order chi connectivity index (χ1) is 11.6. The van der Waals surface area contributed by atoms with Crippen molar-refractivity contribution in [1.82, 2.24) is 0 Å². The Morgan fingerprint density at radius 1 is 1.12 bits per heavy atom. The van der Waals surface area contributed by atoms with Crippen LogP contribution in [-0.4, -0.2) is 25.3 Å². The molecule has 0 radical (unpaired) electrons.